The number of aliphatic hydroxyl groups is 1. The molecule has 168 valence electrons. The number of carbonyl (C=O) groups is 2. The summed E-state index contributed by atoms with van der Waals surface area (Å²) in [4.78, 5) is 26.2. The number of halogens is 3. The van der Waals surface area contributed by atoms with Gasteiger partial charge in [-0.05, 0) is 31.4 Å². The van der Waals surface area contributed by atoms with Gasteiger partial charge in [0, 0.05) is 25.8 Å². The molecule has 0 aliphatic carbocycles. The molecule has 1 aliphatic rings. The number of hydrogen-bond donors (Lipinski definition) is 3. The number of hydrogen-bond acceptors (Lipinski definition) is 4. The Labute approximate surface area is 177 Å². The van der Waals surface area contributed by atoms with Gasteiger partial charge < -0.3 is 20.6 Å². The molecule has 3 rings (SSSR count). The van der Waals surface area contributed by atoms with Crippen molar-refractivity contribution in [1.29, 1.82) is 0 Å². The number of benzene rings is 1. The zero-order valence-electron chi connectivity index (χ0n) is 16.7. The topological polar surface area (TPSA) is 99.5 Å². The summed E-state index contributed by atoms with van der Waals surface area (Å²) in [6.45, 7) is 0.371. The van der Waals surface area contributed by atoms with Crippen LogP contribution < -0.4 is 10.6 Å². The summed E-state index contributed by atoms with van der Waals surface area (Å²) in [5.74, 6) is -0.935. The third-order valence-electron chi connectivity index (χ3n) is 5.03. The molecule has 8 nitrogen and oxygen atoms in total. The maximum absolute atomic E-state index is 13.4. The second-order valence-corrected chi connectivity index (χ2v) is 7.18. The van der Waals surface area contributed by atoms with Crippen LogP contribution in [-0.2, 0) is 6.18 Å². The first-order chi connectivity index (χ1) is 14.8. The third kappa shape index (κ3) is 5.54. The summed E-state index contributed by atoms with van der Waals surface area (Å²) in [7, 11) is 0. The van der Waals surface area contributed by atoms with Crippen molar-refractivity contribution in [3.05, 3.63) is 47.8 Å². The smallest absolute Gasteiger partial charge is 0.394 e. The zero-order chi connectivity index (χ0) is 22.4. The zero-order valence-corrected chi connectivity index (χ0v) is 16.7. The average Bonchev–Trinajstić information content (AvgIpc) is 3.23. The Morgan fingerprint density at radius 3 is 2.52 bits per heavy atom. The molecule has 1 atom stereocenters. The minimum absolute atomic E-state index is 0.0351. The number of alkyl halides is 3. The molecule has 0 saturated carbocycles. The van der Waals surface area contributed by atoms with Gasteiger partial charge in [0.1, 0.15) is 0 Å². The van der Waals surface area contributed by atoms with Crippen LogP contribution in [0.3, 0.4) is 0 Å². The molecule has 31 heavy (non-hydrogen) atoms. The maximum atomic E-state index is 13.4. The van der Waals surface area contributed by atoms with Gasteiger partial charge in [-0.25, -0.2) is 9.48 Å². The monoisotopic (exact) mass is 439 g/mol. The Balaban J connectivity index is 1.60. The SMILES string of the molecule is O=C(NCCNC(=O)N1CCCCC1CO)c1cn(-c2ccccc2)nc1C(F)(F)F. The van der Waals surface area contributed by atoms with E-state index in [0.717, 1.165) is 23.7 Å². The van der Waals surface area contributed by atoms with Crippen LogP contribution >= 0.6 is 0 Å². The van der Waals surface area contributed by atoms with Crippen LogP contribution in [-0.4, -0.2) is 64.0 Å². The molecule has 1 fully saturated rings. The highest BCUT2D eigenvalue weighted by atomic mass is 19.4. The molecular weight excluding hydrogens is 415 g/mol. The highest BCUT2D eigenvalue weighted by Gasteiger charge is 2.39. The summed E-state index contributed by atoms with van der Waals surface area (Å²) < 4.78 is 41.1. The number of nitrogens with zero attached hydrogens (tertiary/aromatic N) is 3. The number of aliphatic hydroxyl groups excluding tert-OH is 1. The third-order valence-corrected chi connectivity index (χ3v) is 5.03. The number of nitrogens with one attached hydrogen (secondary N) is 2. The molecular formula is C20H24F3N5O3. The van der Waals surface area contributed by atoms with Gasteiger partial charge in [0.05, 0.1) is 23.9 Å². The van der Waals surface area contributed by atoms with Gasteiger partial charge in [0.15, 0.2) is 5.69 Å². The molecule has 11 heteroatoms. The van der Waals surface area contributed by atoms with Crippen molar-refractivity contribution in [3.8, 4) is 5.69 Å². The van der Waals surface area contributed by atoms with Crippen molar-refractivity contribution in [2.24, 2.45) is 0 Å². The van der Waals surface area contributed by atoms with Gasteiger partial charge in [-0.15, -0.1) is 0 Å². The molecule has 0 spiro atoms. The summed E-state index contributed by atoms with van der Waals surface area (Å²) in [6.07, 6.45) is -1.28. The van der Waals surface area contributed by atoms with Crippen LogP contribution in [0.4, 0.5) is 18.0 Å². The predicted molar refractivity (Wildman–Crippen MR) is 106 cm³/mol. The lowest BCUT2D eigenvalue weighted by Crippen LogP contribution is -2.51. The van der Waals surface area contributed by atoms with E-state index in [-0.39, 0.29) is 31.8 Å². The number of rotatable bonds is 6. The molecule has 1 unspecified atom stereocenters. The van der Waals surface area contributed by atoms with Crippen LogP contribution in [0, 0.1) is 0 Å². The second-order valence-electron chi connectivity index (χ2n) is 7.18. The summed E-state index contributed by atoms with van der Waals surface area (Å²) in [6, 6.07) is 7.54. The van der Waals surface area contributed by atoms with Crippen LogP contribution in [0.1, 0.15) is 35.3 Å². The van der Waals surface area contributed by atoms with Gasteiger partial charge in [-0.3, -0.25) is 4.79 Å². The van der Waals surface area contributed by atoms with E-state index in [4.69, 9.17) is 0 Å². The van der Waals surface area contributed by atoms with Crippen molar-refractivity contribution < 1.29 is 27.9 Å². The molecule has 2 aromatic rings. The average molecular weight is 439 g/mol. The van der Waals surface area contributed by atoms with Gasteiger partial charge in [0.25, 0.3) is 5.91 Å². The van der Waals surface area contributed by atoms with E-state index >= 15 is 0 Å². The Hall–Kier alpha value is -3.08. The molecule has 1 saturated heterocycles. The van der Waals surface area contributed by atoms with E-state index in [9.17, 15) is 27.9 Å². The first-order valence-corrected chi connectivity index (χ1v) is 9.97. The van der Waals surface area contributed by atoms with Gasteiger partial charge in [-0.1, -0.05) is 18.2 Å². The molecule has 1 aromatic heterocycles. The lowest BCUT2D eigenvalue weighted by molar-refractivity contribution is -0.141. The Bertz CT molecular complexity index is 901. The van der Waals surface area contributed by atoms with Crippen molar-refractivity contribution in [3.63, 3.8) is 0 Å². The number of piperidine rings is 1. The minimum atomic E-state index is -4.80. The van der Waals surface area contributed by atoms with E-state index in [1.165, 1.54) is 4.90 Å². The fourth-order valence-electron chi connectivity index (χ4n) is 3.46. The van der Waals surface area contributed by atoms with E-state index in [1.54, 1.807) is 30.3 Å². The number of likely N-dealkylation sites (tertiary alicyclic amines) is 1. The molecule has 0 radical (unpaired) electrons. The lowest BCUT2D eigenvalue weighted by atomic mass is 10.0. The van der Waals surface area contributed by atoms with Gasteiger partial charge in [0.2, 0.25) is 0 Å². The predicted octanol–water partition coefficient (Wildman–Crippen LogP) is 2.18. The van der Waals surface area contributed by atoms with Gasteiger partial charge >= 0.3 is 12.2 Å². The summed E-state index contributed by atoms with van der Waals surface area (Å²) in [5.41, 5.74) is -1.49. The van der Waals surface area contributed by atoms with Crippen LogP contribution in [0.5, 0.6) is 0 Å². The number of aromatic nitrogens is 2. The fourth-order valence-corrected chi connectivity index (χ4v) is 3.46. The summed E-state index contributed by atoms with van der Waals surface area (Å²) in [5, 5.41) is 17.9. The van der Waals surface area contributed by atoms with Gasteiger partial charge in [-0.2, -0.15) is 18.3 Å². The van der Waals surface area contributed by atoms with Crippen molar-refractivity contribution in [2.75, 3.05) is 26.2 Å². The number of urea groups is 1. The van der Waals surface area contributed by atoms with E-state index < -0.39 is 23.3 Å². The molecule has 1 aromatic carbocycles. The van der Waals surface area contributed by atoms with Crippen molar-refractivity contribution in [2.45, 2.75) is 31.5 Å². The number of para-hydroxylation sites is 1. The number of carbonyl (C=O) groups excluding carboxylic acids is 2. The van der Waals surface area contributed by atoms with E-state index in [2.05, 4.69) is 15.7 Å². The Morgan fingerprint density at radius 2 is 1.84 bits per heavy atom. The van der Waals surface area contributed by atoms with Crippen LogP contribution in [0.2, 0.25) is 0 Å². The van der Waals surface area contributed by atoms with Crippen LogP contribution in [0.15, 0.2) is 36.5 Å². The normalized spacial score (nSPS) is 16.8. The first kappa shape index (κ1) is 22.6. The van der Waals surface area contributed by atoms with Crippen LogP contribution in [0.25, 0.3) is 5.69 Å². The van der Waals surface area contributed by atoms with Crippen molar-refractivity contribution in [1.82, 2.24) is 25.3 Å². The summed E-state index contributed by atoms with van der Waals surface area (Å²) >= 11 is 0. The largest absolute Gasteiger partial charge is 0.435 e. The molecule has 3 amide bonds. The molecule has 3 N–H and O–H groups in total. The minimum Gasteiger partial charge on any atom is -0.394 e. The quantitative estimate of drug-likeness (QED) is 0.601. The maximum Gasteiger partial charge on any atom is 0.435 e. The standard InChI is InChI=1S/C20H24F3N5O3/c21-20(22,23)17-16(12-28(26-17)14-6-2-1-3-7-14)18(30)24-9-10-25-19(31)27-11-5-4-8-15(27)13-29/h1-3,6-7,12,15,29H,4-5,8-11,13H2,(H,24,30)(H,25,31). The number of amides is 3. The van der Waals surface area contributed by atoms with E-state index in [0.29, 0.717) is 18.7 Å². The fraction of sp³-hybridized carbons (Fsp3) is 0.450. The molecule has 2 heterocycles. The molecule has 0 bridgehead atoms. The highest BCUT2D eigenvalue weighted by Crippen LogP contribution is 2.31. The second kappa shape index (κ2) is 9.82. The highest BCUT2D eigenvalue weighted by molar-refractivity contribution is 5.95. The van der Waals surface area contributed by atoms with E-state index in [1.807, 2.05) is 0 Å². The Kier molecular flexibility index (Phi) is 7.16. The lowest BCUT2D eigenvalue weighted by Gasteiger charge is -2.34. The Morgan fingerprint density at radius 1 is 1.13 bits per heavy atom. The molecule has 1 aliphatic heterocycles. The first-order valence-electron chi connectivity index (χ1n) is 9.97. The van der Waals surface area contributed by atoms with Crippen molar-refractivity contribution >= 4 is 11.9 Å².